The minimum absolute atomic E-state index is 0.0211. The van der Waals surface area contributed by atoms with Crippen LogP contribution < -0.4 is 4.74 Å². The number of benzene rings is 1. The second-order valence-corrected chi connectivity index (χ2v) is 4.82. The third kappa shape index (κ3) is 3.11. The molecule has 0 radical (unpaired) electrons. The highest BCUT2D eigenvalue weighted by atomic mass is 79.9. The highest BCUT2D eigenvalue weighted by Crippen LogP contribution is 2.30. The van der Waals surface area contributed by atoms with E-state index in [0.29, 0.717) is 11.5 Å². The Morgan fingerprint density at radius 2 is 2.28 bits per heavy atom. The van der Waals surface area contributed by atoms with Crippen molar-refractivity contribution in [2.75, 3.05) is 0 Å². The van der Waals surface area contributed by atoms with Crippen LogP contribution in [0.5, 0.6) is 11.5 Å². The zero-order chi connectivity index (χ0) is 13.0. The molecule has 5 heteroatoms. The van der Waals surface area contributed by atoms with Gasteiger partial charge >= 0.3 is 0 Å². The molecular formula is C13H15BrN2O2. The number of rotatable bonds is 5. The van der Waals surface area contributed by atoms with E-state index in [2.05, 4.69) is 28.0 Å². The van der Waals surface area contributed by atoms with Gasteiger partial charge in [-0.15, -0.1) is 0 Å². The lowest BCUT2D eigenvalue weighted by Gasteiger charge is -2.06. The zero-order valence-corrected chi connectivity index (χ0v) is 11.7. The summed E-state index contributed by atoms with van der Waals surface area (Å²) in [5.41, 5.74) is 0.843. The normalized spacial score (nSPS) is 10.6. The Kier molecular flexibility index (Phi) is 4.38. The highest BCUT2D eigenvalue weighted by Gasteiger charge is 2.05. The van der Waals surface area contributed by atoms with Gasteiger partial charge in [-0.3, -0.25) is 4.68 Å². The fourth-order valence-electron chi connectivity index (χ4n) is 1.60. The average molecular weight is 311 g/mol. The van der Waals surface area contributed by atoms with E-state index in [4.69, 9.17) is 9.84 Å². The number of aromatic nitrogens is 2. The van der Waals surface area contributed by atoms with Crippen molar-refractivity contribution in [3.63, 3.8) is 0 Å². The largest absolute Gasteiger partial charge is 0.453 e. The molecule has 1 N–H and O–H groups in total. The molecule has 0 amide bonds. The second-order valence-electron chi connectivity index (χ2n) is 3.96. The molecule has 0 atom stereocenters. The van der Waals surface area contributed by atoms with Gasteiger partial charge in [0, 0.05) is 6.54 Å². The molecule has 1 aromatic heterocycles. The molecule has 4 nitrogen and oxygen atoms in total. The van der Waals surface area contributed by atoms with E-state index in [-0.39, 0.29) is 6.61 Å². The Bertz CT molecular complexity index is 525. The quantitative estimate of drug-likeness (QED) is 0.921. The predicted octanol–water partition coefficient (Wildman–Crippen LogP) is 3.34. The number of nitrogens with zero attached hydrogens (tertiary/aromatic N) is 2. The minimum Gasteiger partial charge on any atom is -0.453 e. The number of aliphatic hydroxyl groups excluding tert-OH is 1. The first-order valence-corrected chi connectivity index (χ1v) is 6.62. The molecule has 96 valence electrons. The number of aliphatic hydroxyl groups is 1. The number of halogens is 1. The summed E-state index contributed by atoms with van der Waals surface area (Å²) in [5.74, 6) is 1.42. The molecule has 2 aromatic rings. The predicted molar refractivity (Wildman–Crippen MR) is 72.7 cm³/mol. The molecule has 1 aromatic carbocycles. The summed E-state index contributed by atoms with van der Waals surface area (Å²) < 4.78 is 8.39. The maximum absolute atomic E-state index is 9.03. The topological polar surface area (TPSA) is 47.3 Å². The molecule has 0 saturated heterocycles. The zero-order valence-electron chi connectivity index (χ0n) is 10.1. The molecule has 0 aliphatic rings. The molecule has 0 spiro atoms. The molecular weight excluding hydrogens is 296 g/mol. The van der Waals surface area contributed by atoms with Crippen molar-refractivity contribution in [1.82, 2.24) is 9.78 Å². The van der Waals surface area contributed by atoms with Gasteiger partial charge in [0.05, 0.1) is 23.5 Å². The SMILES string of the molecule is CCCn1cc(Oc2ccc(CO)cc2Br)cn1. The first-order valence-electron chi connectivity index (χ1n) is 5.82. The van der Waals surface area contributed by atoms with Crippen LogP contribution in [0.1, 0.15) is 18.9 Å². The summed E-state index contributed by atoms with van der Waals surface area (Å²) in [6, 6.07) is 5.50. The summed E-state index contributed by atoms with van der Waals surface area (Å²) in [4.78, 5) is 0. The molecule has 0 fully saturated rings. The van der Waals surface area contributed by atoms with Crippen molar-refractivity contribution in [2.45, 2.75) is 26.5 Å². The summed E-state index contributed by atoms with van der Waals surface area (Å²) >= 11 is 3.42. The fourth-order valence-corrected chi connectivity index (χ4v) is 2.11. The van der Waals surface area contributed by atoms with E-state index in [0.717, 1.165) is 23.0 Å². The third-order valence-corrected chi connectivity index (χ3v) is 3.09. The molecule has 0 aliphatic carbocycles. The Labute approximate surface area is 114 Å². The Morgan fingerprint density at radius 1 is 1.44 bits per heavy atom. The van der Waals surface area contributed by atoms with Gasteiger partial charge in [-0.25, -0.2) is 0 Å². The first-order chi connectivity index (χ1) is 8.72. The molecule has 0 unspecified atom stereocenters. The Balaban J connectivity index is 2.12. The molecule has 2 rings (SSSR count). The standard InChI is InChI=1S/C13H15BrN2O2/c1-2-5-16-8-11(7-15-16)18-13-4-3-10(9-17)6-12(13)14/h3-4,6-8,17H,2,5,9H2,1H3. The van der Waals surface area contributed by atoms with Gasteiger partial charge in [0.2, 0.25) is 0 Å². The molecule has 0 saturated carbocycles. The highest BCUT2D eigenvalue weighted by molar-refractivity contribution is 9.10. The number of hydrogen-bond acceptors (Lipinski definition) is 3. The number of hydrogen-bond donors (Lipinski definition) is 1. The maximum atomic E-state index is 9.03. The van der Waals surface area contributed by atoms with Gasteiger partial charge in [-0.2, -0.15) is 5.10 Å². The second kappa shape index (κ2) is 6.02. The van der Waals surface area contributed by atoms with Crippen LogP contribution in [0.2, 0.25) is 0 Å². The summed E-state index contributed by atoms with van der Waals surface area (Å²) in [6.07, 6.45) is 4.61. The minimum atomic E-state index is 0.0211. The fraction of sp³-hybridized carbons (Fsp3) is 0.308. The van der Waals surface area contributed by atoms with Gasteiger partial charge in [-0.05, 0) is 40.0 Å². The van der Waals surface area contributed by atoms with E-state index in [9.17, 15) is 0 Å². The van der Waals surface area contributed by atoms with E-state index >= 15 is 0 Å². The van der Waals surface area contributed by atoms with Crippen molar-refractivity contribution in [1.29, 1.82) is 0 Å². The monoisotopic (exact) mass is 310 g/mol. The average Bonchev–Trinajstić information content (AvgIpc) is 2.80. The van der Waals surface area contributed by atoms with E-state index < -0.39 is 0 Å². The number of aryl methyl sites for hydroxylation is 1. The maximum Gasteiger partial charge on any atom is 0.165 e. The van der Waals surface area contributed by atoms with Crippen LogP contribution in [0.4, 0.5) is 0 Å². The Hall–Kier alpha value is -1.33. The lowest BCUT2D eigenvalue weighted by molar-refractivity contribution is 0.281. The van der Waals surface area contributed by atoms with Crippen LogP contribution in [0, 0.1) is 0 Å². The van der Waals surface area contributed by atoms with Gasteiger partial charge in [0.25, 0.3) is 0 Å². The third-order valence-electron chi connectivity index (χ3n) is 2.47. The van der Waals surface area contributed by atoms with Crippen LogP contribution in [-0.4, -0.2) is 14.9 Å². The van der Waals surface area contributed by atoms with E-state index in [1.165, 1.54) is 0 Å². The molecule has 0 aliphatic heterocycles. The van der Waals surface area contributed by atoms with E-state index in [1.54, 1.807) is 6.20 Å². The van der Waals surface area contributed by atoms with E-state index in [1.807, 2.05) is 29.1 Å². The lowest BCUT2D eigenvalue weighted by atomic mass is 10.2. The van der Waals surface area contributed by atoms with Crippen molar-refractivity contribution in [3.8, 4) is 11.5 Å². The van der Waals surface area contributed by atoms with Gasteiger partial charge in [-0.1, -0.05) is 13.0 Å². The van der Waals surface area contributed by atoms with Crippen molar-refractivity contribution in [2.24, 2.45) is 0 Å². The Morgan fingerprint density at radius 3 is 2.94 bits per heavy atom. The smallest absolute Gasteiger partial charge is 0.165 e. The molecule has 18 heavy (non-hydrogen) atoms. The van der Waals surface area contributed by atoms with Crippen molar-refractivity contribution < 1.29 is 9.84 Å². The molecule has 1 heterocycles. The number of ether oxygens (including phenoxy) is 1. The molecule has 0 bridgehead atoms. The van der Waals surface area contributed by atoms with Crippen molar-refractivity contribution in [3.05, 3.63) is 40.6 Å². The first kappa shape index (κ1) is 13.1. The van der Waals surface area contributed by atoms with Crippen LogP contribution in [-0.2, 0) is 13.2 Å². The van der Waals surface area contributed by atoms with Gasteiger partial charge in [0.1, 0.15) is 5.75 Å². The van der Waals surface area contributed by atoms with Crippen LogP contribution in [0.25, 0.3) is 0 Å². The van der Waals surface area contributed by atoms with Gasteiger partial charge < -0.3 is 9.84 Å². The lowest BCUT2D eigenvalue weighted by Crippen LogP contribution is -1.95. The van der Waals surface area contributed by atoms with Crippen LogP contribution >= 0.6 is 15.9 Å². The summed E-state index contributed by atoms with van der Waals surface area (Å²) in [5, 5.41) is 13.2. The van der Waals surface area contributed by atoms with Gasteiger partial charge in [0.15, 0.2) is 5.75 Å². The van der Waals surface area contributed by atoms with Crippen LogP contribution in [0.15, 0.2) is 35.1 Å². The van der Waals surface area contributed by atoms with Crippen LogP contribution in [0.3, 0.4) is 0 Å². The summed E-state index contributed by atoms with van der Waals surface area (Å²) in [6.45, 7) is 3.01. The van der Waals surface area contributed by atoms with Crippen molar-refractivity contribution >= 4 is 15.9 Å². The summed E-state index contributed by atoms with van der Waals surface area (Å²) in [7, 11) is 0.